The minimum Gasteiger partial charge on any atom is -0.459 e. The van der Waals surface area contributed by atoms with Crippen LogP contribution in [0.1, 0.15) is 37.0 Å². The van der Waals surface area contributed by atoms with Gasteiger partial charge in [-0.2, -0.15) is 0 Å². The van der Waals surface area contributed by atoms with E-state index in [2.05, 4.69) is 34.6 Å². The Kier molecular flexibility index (Phi) is 6.86. The van der Waals surface area contributed by atoms with Gasteiger partial charge in [0.15, 0.2) is 11.7 Å². The second-order valence-electron chi connectivity index (χ2n) is 5.90. The molecule has 3 aromatic rings. The normalized spacial score (nSPS) is 11.6. The first-order valence-electron chi connectivity index (χ1n) is 8.03. The van der Waals surface area contributed by atoms with Gasteiger partial charge in [-0.3, -0.25) is 4.99 Å². The number of aliphatic imine (C=N–C) groups is 1. The van der Waals surface area contributed by atoms with E-state index in [0.29, 0.717) is 25.0 Å². The zero-order valence-corrected chi connectivity index (χ0v) is 16.9. The Morgan fingerprint density at radius 1 is 1.12 bits per heavy atom. The topological polar surface area (TPSA) is 75.6 Å². The Hall–Kier alpha value is -2.03. The van der Waals surface area contributed by atoms with Gasteiger partial charge in [-0.05, 0) is 18.1 Å². The number of guanidine groups is 1. The molecule has 2 heterocycles. The lowest BCUT2D eigenvalue weighted by atomic mass is 10.1. The highest BCUT2D eigenvalue weighted by molar-refractivity contribution is 14.0. The third-order valence-electron chi connectivity index (χ3n) is 3.73. The van der Waals surface area contributed by atoms with Gasteiger partial charge < -0.3 is 19.6 Å². The zero-order chi connectivity index (χ0) is 16.9. The van der Waals surface area contributed by atoms with E-state index in [-0.39, 0.29) is 24.0 Å². The number of aromatic nitrogens is 1. The highest BCUT2D eigenvalue weighted by atomic mass is 127. The standard InChI is InChI=1S/C18H22N4O2.HI/c1-12(2)16-9-15(24-22-16)11-21-18(19-3)20-10-14-8-13-6-4-5-7-17(13)23-14;/h4-9,12H,10-11H2,1-3H3,(H2,19,20,21);1H. The monoisotopic (exact) mass is 454 g/mol. The van der Waals surface area contributed by atoms with Crippen molar-refractivity contribution >= 4 is 40.9 Å². The molecule has 0 aliphatic rings. The van der Waals surface area contributed by atoms with E-state index in [1.54, 1.807) is 7.05 Å². The fourth-order valence-corrected chi connectivity index (χ4v) is 2.37. The average molecular weight is 454 g/mol. The summed E-state index contributed by atoms with van der Waals surface area (Å²) < 4.78 is 11.1. The molecule has 0 bridgehead atoms. The van der Waals surface area contributed by atoms with Crippen LogP contribution in [0.4, 0.5) is 0 Å². The minimum absolute atomic E-state index is 0. The number of halogens is 1. The lowest BCUT2D eigenvalue weighted by Crippen LogP contribution is -2.36. The van der Waals surface area contributed by atoms with Crippen molar-refractivity contribution in [2.45, 2.75) is 32.9 Å². The van der Waals surface area contributed by atoms with Crippen LogP contribution in [-0.4, -0.2) is 18.2 Å². The van der Waals surface area contributed by atoms with Crippen molar-refractivity contribution in [2.24, 2.45) is 4.99 Å². The van der Waals surface area contributed by atoms with Gasteiger partial charge in [-0.15, -0.1) is 24.0 Å². The molecule has 0 saturated heterocycles. The number of nitrogens with zero attached hydrogens (tertiary/aromatic N) is 2. The SMILES string of the molecule is CN=C(NCc1cc(C(C)C)no1)NCc1cc2ccccc2o1.I. The maximum absolute atomic E-state index is 5.78. The second-order valence-corrected chi connectivity index (χ2v) is 5.90. The summed E-state index contributed by atoms with van der Waals surface area (Å²) in [6, 6.07) is 11.9. The van der Waals surface area contributed by atoms with Crippen molar-refractivity contribution in [3.05, 3.63) is 53.6 Å². The summed E-state index contributed by atoms with van der Waals surface area (Å²) >= 11 is 0. The summed E-state index contributed by atoms with van der Waals surface area (Å²) in [5.41, 5.74) is 1.84. The molecule has 0 fully saturated rings. The number of fused-ring (bicyclic) bond motifs is 1. The van der Waals surface area contributed by atoms with Gasteiger partial charge >= 0.3 is 0 Å². The van der Waals surface area contributed by atoms with Crippen LogP contribution in [0.2, 0.25) is 0 Å². The lowest BCUT2D eigenvalue weighted by Gasteiger charge is -2.09. The summed E-state index contributed by atoms with van der Waals surface area (Å²) in [4.78, 5) is 4.20. The zero-order valence-electron chi connectivity index (χ0n) is 14.6. The molecule has 0 radical (unpaired) electrons. The summed E-state index contributed by atoms with van der Waals surface area (Å²) in [6.07, 6.45) is 0. The number of benzene rings is 1. The molecule has 0 atom stereocenters. The molecule has 25 heavy (non-hydrogen) atoms. The van der Waals surface area contributed by atoms with Gasteiger partial charge in [0.2, 0.25) is 0 Å². The third kappa shape index (κ3) is 4.97. The Bertz CT molecular complexity index is 805. The highest BCUT2D eigenvalue weighted by Gasteiger charge is 2.09. The minimum atomic E-state index is 0. The Morgan fingerprint density at radius 3 is 2.48 bits per heavy atom. The van der Waals surface area contributed by atoms with Crippen LogP contribution in [0.25, 0.3) is 11.0 Å². The summed E-state index contributed by atoms with van der Waals surface area (Å²) in [5.74, 6) is 2.68. The van der Waals surface area contributed by atoms with E-state index in [9.17, 15) is 0 Å². The Labute approximate surface area is 164 Å². The molecule has 3 rings (SSSR count). The largest absolute Gasteiger partial charge is 0.459 e. The predicted molar refractivity (Wildman–Crippen MR) is 109 cm³/mol. The van der Waals surface area contributed by atoms with Crippen LogP contribution in [0, 0.1) is 0 Å². The Balaban J connectivity index is 0.00000225. The van der Waals surface area contributed by atoms with Crippen LogP contribution in [-0.2, 0) is 13.1 Å². The molecular formula is C18H23IN4O2. The maximum Gasteiger partial charge on any atom is 0.191 e. The fourth-order valence-electron chi connectivity index (χ4n) is 2.37. The molecule has 6 nitrogen and oxygen atoms in total. The second kappa shape index (κ2) is 8.89. The van der Waals surface area contributed by atoms with E-state index in [1.807, 2.05) is 36.4 Å². The van der Waals surface area contributed by atoms with Gasteiger partial charge in [0, 0.05) is 18.5 Å². The molecule has 2 aromatic heterocycles. The molecule has 0 amide bonds. The number of para-hydroxylation sites is 1. The summed E-state index contributed by atoms with van der Waals surface area (Å²) in [7, 11) is 1.73. The van der Waals surface area contributed by atoms with Crippen LogP contribution < -0.4 is 10.6 Å². The van der Waals surface area contributed by atoms with Gasteiger partial charge in [0.05, 0.1) is 18.8 Å². The van der Waals surface area contributed by atoms with E-state index in [0.717, 1.165) is 28.2 Å². The van der Waals surface area contributed by atoms with Crippen LogP contribution in [0.3, 0.4) is 0 Å². The van der Waals surface area contributed by atoms with Gasteiger partial charge in [0.25, 0.3) is 0 Å². The Morgan fingerprint density at radius 2 is 1.84 bits per heavy atom. The van der Waals surface area contributed by atoms with Crippen LogP contribution >= 0.6 is 24.0 Å². The third-order valence-corrected chi connectivity index (χ3v) is 3.73. The molecule has 0 aliphatic heterocycles. The number of rotatable bonds is 5. The first kappa shape index (κ1) is 19.3. The van der Waals surface area contributed by atoms with E-state index >= 15 is 0 Å². The molecule has 7 heteroatoms. The first-order chi connectivity index (χ1) is 11.7. The number of nitrogens with one attached hydrogen (secondary N) is 2. The van der Waals surface area contributed by atoms with Crippen molar-refractivity contribution in [2.75, 3.05) is 7.05 Å². The molecule has 0 unspecified atom stereocenters. The van der Waals surface area contributed by atoms with Crippen LogP contribution in [0.5, 0.6) is 0 Å². The number of hydrogen-bond donors (Lipinski definition) is 2. The van der Waals surface area contributed by atoms with Crippen molar-refractivity contribution in [1.29, 1.82) is 0 Å². The number of hydrogen-bond acceptors (Lipinski definition) is 4. The van der Waals surface area contributed by atoms with Crippen LogP contribution in [0.15, 0.2) is 50.3 Å². The molecule has 0 spiro atoms. The average Bonchev–Trinajstić information content (AvgIpc) is 3.21. The smallest absolute Gasteiger partial charge is 0.191 e. The molecule has 1 aromatic carbocycles. The van der Waals surface area contributed by atoms with E-state index < -0.39 is 0 Å². The predicted octanol–water partition coefficient (Wildman–Crippen LogP) is 4.03. The van der Waals surface area contributed by atoms with Crippen molar-refractivity contribution < 1.29 is 8.94 Å². The highest BCUT2D eigenvalue weighted by Crippen LogP contribution is 2.18. The van der Waals surface area contributed by atoms with Crippen molar-refractivity contribution in [1.82, 2.24) is 15.8 Å². The lowest BCUT2D eigenvalue weighted by molar-refractivity contribution is 0.372. The quantitative estimate of drug-likeness (QED) is 0.346. The van der Waals surface area contributed by atoms with Gasteiger partial charge in [-0.1, -0.05) is 37.2 Å². The summed E-state index contributed by atoms with van der Waals surface area (Å²) in [6.45, 7) is 5.26. The number of furan rings is 1. The van der Waals surface area contributed by atoms with Gasteiger partial charge in [-0.25, -0.2) is 0 Å². The van der Waals surface area contributed by atoms with Gasteiger partial charge in [0.1, 0.15) is 11.3 Å². The molecule has 0 aliphatic carbocycles. The van der Waals surface area contributed by atoms with E-state index in [4.69, 9.17) is 8.94 Å². The maximum atomic E-state index is 5.78. The summed E-state index contributed by atoms with van der Waals surface area (Å²) in [5, 5.41) is 11.6. The van der Waals surface area contributed by atoms with Crippen molar-refractivity contribution in [3.8, 4) is 0 Å². The molecule has 2 N–H and O–H groups in total. The van der Waals surface area contributed by atoms with E-state index in [1.165, 1.54) is 0 Å². The fraction of sp³-hybridized carbons (Fsp3) is 0.333. The molecule has 134 valence electrons. The van der Waals surface area contributed by atoms with Crippen molar-refractivity contribution in [3.63, 3.8) is 0 Å². The first-order valence-corrected chi connectivity index (χ1v) is 8.03. The molecule has 0 saturated carbocycles. The molecular weight excluding hydrogens is 431 g/mol.